The van der Waals surface area contributed by atoms with Crippen LogP contribution in [0, 0.1) is 6.92 Å². The number of aryl methyl sites for hydroxylation is 1. The van der Waals surface area contributed by atoms with Gasteiger partial charge >= 0.3 is 0 Å². The van der Waals surface area contributed by atoms with Gasteiger partial charge in [-0.2, -0.15) is 11.3 Å². The van der Waals surface area contributed by atoms with E-state index in [-0.39, 0.29) is 23.1 Å². The summed E-state index contributed by atoms with van der Waals surface area (Å²) in [4.78, 5) is 29.1. The Labute approximate surface area is 140 Å². The fourth-order valence-corrected chi connectivity index (χ4v) is 3.33. The van der Waals surface area contributed by atoms with E-state index in [0.717, 1.165) is 18.8 Å². The predicted octanol–water partition coefficient (Wildman–Crippen LogP) is 2.56. The van der Waals surface area contributed by atoms with Crippen molar-refractivity contribution in [2.75, 3.05) is 19.6 Å². The number of carbonyl (C=O) groups is 1. The van der Waals surface area contributed by atoms with Crippen molar-refractivity contribution >= 4 is 17.2 Å². The summed E-state index contributed by atoms with van der Waals surface area (Å²) in [7, 11) is 0. The zero-order valence-electron chi connectivity index (χ0n) is 13.8. The smallest absolute Gasteiger partial charge is 0.260 e. The van der Waals surface area contributed by atoms with E-state index in [1.807, 2.05) is 5.38 Å². The van der Waals surface area contributed by atoms with Crippen LogP contribution in [0.1, 0.15) is 41.5 Å². The van der Waals surface area contributed by atoms with E-state index in [1.54, 1.807) is 30.4 Å². The Morgan fingerprint density at radius 1 is 1.30 bits per heavy atom. The number of aromatic amines is 1. The second-order valence-corrected chi connectivity index (χ2v) is 6.17. The van der Waals surface area contributed by atoms with E-state index in [0.29, 0.717) is 6.54 Å². The maximum Gasteiger partial charge on any atom is 0.260 e. The maximum absolute atomic E-state index is 12.3. The first kappa shape index (κ1) is 17.4. The molecular weight excluding hydrogens is 310 g/mol. The van der Waals surface area contributed by atoms with E-state index < -0.39 is 0 Å². The van der Waals surface area contributed by atoms with Crippen molar-refractivity contribution < 1.29 is 4.79 Å². The Balaban J connectivity index is 2.11. The summed E-state index contributed by atoms with van der Waals surface area (Å²) in [6.45, 7) is 8.28. The summed E-state index contributed by atoms with van der Waals surface area (Å²) in [6, 6.07) is 5.50. The van der Waals surface area contributed by atoms with Crippen LogP contribution >= 0.6 is 11.3 Å². The molecule has 0 aliphatic rings. The van der Waals surface area contributed by atoms with E-state index in [1.165, 1.54) is 5.56 Å². The summed E-state index contributed by atoms with van der Waals surface area (Å²) in [5.74, 6) is -0.335. The summed E-state index contributed by atoms with van der Waals surface area (Å²) in [6.07, 6.45) is 0. The maximum atomic E-state index is 12.3. The summed E-state index contributed by atoms with van der Waals surface area (Å²) >= 11 is 1.65. The van der Waals surface area contributed by atoms with Crippen molar-refractivity contribution in [3.05, 3.63) is 56.1 Å². The van der Waals surface area contributed by atoms with Gasteiger partial charge in [-0.1, -0.05) is 13.8 Å². The zero-order valence-corrected chi connectivity index (χ0v) is 14.6. The minimum absolute atomic E-state index is 0.115. The van der Waals surface area contributed by atoms with Crippen LogP contribution in [0.2, 0.25) is 0 Å². The van der Waals surface area contributed by atoms with Gasteiger partial charge in [0.2, 0.25) is 0 Å². The van der Waals surface area contributed by atoms with E-state index >= 15 is 0 Å². The summed E-state index contributed by atoms with van der Waals surface area (Å²) < 4.78 is 0. The molecule has 0 saturated carbocycles. The van der Waals surface area contributed by atoms with Crippen LogP contribution in [0.25, 0.3) is 0 Å². The number of rotatable bonds is 7. The highest BCUT2D eigenvalue weighted by atomic mass is 32.1. The lowest BCUT2D eigenvalue weighted by Gasteiger charge is -2.29. The molecule has 1 amide bonds. The van der Waals surface area contributed by atoms with Crippen molar-refractivity contribution in [2.45, 2.75) is 26.8 Å². The SMILES string of the molecule is CCN(CC)[C@H](CNC(=O)c1ccc(C)[nH]c1=O)c1ccsc1. The van der Waals surface area contributed by atoms with Crippen molar-refractivity contribution in [2.24, 2.45) is 0 Å². The third kappa shape index (κ3) is 4.30. The number of amides is 1. The number of hydrogen-bond donors (Lipinski definition) is 2. The normalized spacial score (nSPS) is 12.3. The van der Waals surface area contributed by atoms with Gasteiger partial charge in [-0.3, -0.25) is 14.5 Å². The number of H-pyrrole nitrogens is 1. The van der Waals surface area contributed by atoms with Gasteiger partial charge in [0.1, 0.15) is 5.56 Å². The van der Waals surface area contributed by atoms with Crippen LogP contribution in [-0.2, 0) is 0 Å². The molecule has 2 aromatic rings. The number of carbonyl (C=O) groups excluding carboxylic acids is 1. The molecule has 23 heavy (non-hydrogen) atoms. The molecule has 0 unspecified atom stereocenters. The van der Waals surface area contributed by atoms with Crippen LogP contribution in [-0.4, -0.2) is 35.4 Å². The van der Waals surface area contributed by atoms with Crippen molar-refractivity contribution in [1.29, 1.82) is 0 Å². The molecule has 5 nitrogen and oxygen atoms in total. The van der Waals surface area contributed by atoms with Crippen LogP contribution < -0.4 is 10.9 Å². The molecule has 0 spiro atoms. The average Bonchev–Trinajstić information content (AvgIpc) is 3.05. The highest BCUT2D eigenvalue weighted by Crippen LogP contribution is 2.22. The molecule has 0 fully saturated rings. The fourth-order valence-electron chi connectivity index (χ4n) is 2.62. The summed E-state index contributed by atoms with van der Waals surface area (Å²) in [5.41, 5.74) is 1.74. The molecule has 0 saturated heterocycles. The van der Waals surface area contributed by atoms with E-state index in [4.69, 9.17) is 0 Å². The topological polar surface area (TPSA) is 65.2 Å². The third-order valence-corrected chi connectivity index (χ3v) is 4.64. The highest BCUT2D eigenvalue weighted by molar-refractivity contribution is 7.07. The molecule has 124 valence electrons. The minimum Gasteiger partial charge on any atom is -0.350 e. The quantitative estimate of drug-likeness (QED) is 0.818. The second-order valence-electron chi connectivity index (χ2n) is 5.39. The molecular formula is C17H23N3O2S. The molecule has 6 heteroatoms. The first-order valence-corrected chi connectivity index (χ1v) is 8.75. The van der Waals surface area contributed by atoms with E-state index in [9.17, 15) is 9.59 Å². The number of hydrogen-bond acceptors (Lipinski definition) is 4. The average molecular weight is 333 g/mol. The zero-order chi connectivity index (χ0) is 16.8. The molecule has 1 atom stereocenters. The number of pyridine rings is 1. The van der Waals surface area contributed by atoms with Crippen molar-refractivity contribution in [3.63, 3.8) is 0 Å². The van der Waals surface area contributed by atoms with Crippen LogP contribution in [0.4, 0.5) is 0 Å². The largest absolute Gasteiger partial charge is 0.350 e. The van der Waals surface area contributed by atoms with Crippen LogP contribution in [0.15, 0.2) is 33.8 Å². The molecule has 2 N–H and O–H groups in total. The molecule has 0 aromatic carbocycles. The number of likely N-dealkylation sites (N-methyl/N-ethyl adjacent to an activating group) is 1. The molecule has 0 radical (unpaired) electrons. The van der Waals surface area contributed by atoms with Gasteiger partial charge in [0.25, 0.3) is 11.5 Å². The first-order valence-electron chi connectivity index (χ1n) is 7.81. The van der Waals surface area contributed by atoms with Crippen LogP contribution in [0.5, 0.6) is 0 Å². The number of nitrogens with zero attached hydrogens (tertiary/aromatic N) is 1. The Morgan fingerprint density at radius 3 is 2.61 bits per heavy atom. The highest BCUT2D eigenvalue weighted by Gasteiger charge is 2.20. The van der Waals surface area contributed by atoms with Gasteiger partial charge in [-0.25, -0.2) is 0 Å². The van der Waals surface area contributed by atoms with Crippen molar-refractivity contribution in [1.82, 2.24) is 15.2 Å². The molecule has 2 aromatic heterocycles. The third-order valence-electron chi connectivity index (χ3n) is 3.94. The Bertz CT molecular complexity index is 690. The van der Waals surface area contributed by atoms with E-state index in [2.05, 4.69) is 40.5 Å². The Morgan fingerprint density at radius 2 is 2.04 bits per heavy atom. The van der Waals surface area contributed by atoms with Gasteiger partial charge in [0.15, 0.2) is 0 Å². The Kier molecular flexibility index (Phi) is 6.12. The second kappa shape index (κ2) is 8.08. The van der Waals surface area contributed by atoms with Gasteiger partial charge in [0.05, 0.1) is 6.04 Å². The monoisotopic (exact) mass is 333 g/mol. The molecule has 2 rings (SSSR count). The summed E-state index contributed by atoms with van der Waals surface area (Å²) in [5, 5.41) is 7.05. The lowest BCUT2D eigenvalue weighted by atomic mass is 10.1. The standard InChI is InChI=1S/C17H23N3O2S/c1-4-20(5-2)15(13-8-9-23-11-13)10-18-16(21)14-7-6-12(3)19-17(14)22/h6-9,11,15H,4-5,10H2,1-3H3,(H,18,21)(H,19,22)/t15-/m1/s1. The van der Waals surface area contributed by atoms with Gasteiger partial charge in [0, 0.05) is 12.2 Å². The lowest BCUT2D eigenvalue weighted by molar-refractivity contribution is 0.0933. The van der Waals surface area contributed by atoms with Gasteiger partial charge < -0.3 is 10.3 Å². The lowest BCUT2D eigenvalue weighted by Crippen LogP contribution is -2.39. The number of nitrogens with one attached hydrogen (secondary N) is 2. The van der Waals surface area contributed by atoms with Gasteiger partial charge in [-0.15, -0.1) is 0 Å². The fraction of sp³-hybridized carbons (Fsp3) is 0.412. The number of aromatic nitrogens is 1. The number of thiophene rings is 1. The van der Waals surface area contributed by atoms with Crippen LogP contribution in [0.3, 0.4) is 0 Å². The molecule has 2 heterocycles. The predicted molar refractivity (Wildman–Crippen MR) is 94.1 cm³/mol. The first-order chi connectivity index (χ1) is 11.1. The van der Waals surface area contributed by atoms with Crippen molar-refractivity contribution in [3.8, 4) is 0 Å². The molecule has 0 aliphatic heterocycles. The van der Waals surface area contributed by atoms with Gasteiger partial charge in [-0.05, 0) is 54.5 Å². The Hall–Kier alpha value is -1.92. The molecule has 0 bridgehead atoms. The molecule has 0 aliphatic carbocycles. The minimum atomic E-state index is -0.350.